The van der Waals surface area contributed by atoms with Crippen molar-refractivity contribution in [1.29, 1.82) is 0 Å². The van der Waals surface area contributed by atoms with Crippen LogP contribution in [-0.4, -0.2) is 42.3 Å². The van der Waals surface area contributed by atoms with Gasteiger partial charge in [-0.3, -0.25) is 4.52 Å². The van der Waals surface area contributed by atoms with E-state index in [2.05, 4.69) is 14.0 Å². The Labute approximate surface area is 131 Å². The fourth-order valence-electron chi connectivity index (χ4n) is 1.41. The molecule has 0 rings (SSSR count). The van der Waals surface area contributed by atoms with E-state index in [4.69, 9.17) is 9.26 Å². The van der Waals surface area contributed by atoms with Gasteiger partial charge < -0.3 is 19.1 Å². The topological polar surface area (TPSA) is 101 Å². The number of ether oxygens (including phenoxy) is 3. The Bertz CT molecular complexity index is 384. The van der Waals surface area contributed by atoms with E-state index >= 15 is 0 Å². The first-order chi connectivity index (χ1) is 9.99. The summed E-state index contributed by atoms with van der Waals surface area (Å²) in [5, 5.41) is 0. The van der Waals surface area contributed by atoms with E-state index < -0.39 is 26.4 Å². The number of phosphoric acid groups is 1. The predicted octanol–water partition coefficient (Wildman–Crippen LogP) is 3.23. The van der Waals surface area contributed by atoms with E-state index in [1.807, 2.05) is 20.8 Å². The summed E-state index contributed by atoms with van der Waals surface area (Å²) in [4.78, 5) is 20.6. The third-order valence-electron chi connectivity index (χ3n) is 2.53. The minimum absolute atomic E-state index is 0.0540. The van der Waals surface area contributed by atoms with Crippen molar-refractivity contribution >= 4 is 14.0 Å². The molecule has 0 saturated carbocycles. The number of phosphoric ester groups is 1. The third kappa shape index (κ3) is 10.1. The maximum atomic E-state index is 11.7. The summed E-state index contributed by atoms with van der Waals surface area (Å²) >= 11 is 0. The Morgan fingerprint density at radius 2 is 1.77 bits per heavy atom. The minimum atomic E-state index is -4.35. The zero-order valence-corrected chi connectivity index (χ0v) is 14.9. The monoisotopic (exact) mass is 342 g/mol. The highest BCUT2D eigenvalue weighted by Gasteiger charge is 2.31. The Balaban J connectivity index is 4.23. The van der Waals surface area contributed by atoms with Crippen LogP contribution in [0.15, 0.2) is 0 Å². The zero-order valence-electron chi connectivity index (χ0n) is 14.0. The first-order valence-corrected chi connectivity index (χ1v) is 8.62. The van der Waals surface area contributed by atoms with Crippen LogP contribution < -0.4 is 0 Å². The number of carbonyl (C=O) groups excluding carboxylic acids is 1. The molecule has 0 aromatic carbocycles. The van der Waals surface area contributed by atoms with Crippen molar-refractivity contribution in [3.05, 3.63) is 0 Å². The second-order valence-electron chi connectivity index (χ2n) is 5.52. The molecule has 0 aromatic rings. The fraction of sp³-hybridized carbons (Fsp3) is 0.923. The number of carbonyl (C=O) groups is 1. The standard InChI is InChI=1S/C13H27O8P/c1-7-13(6,21-11(4)5)8-18-22(15,16)19-9-17-12(14)20-10(2)3/h10-11H,7-9H2,1-6H3,(H,15,16)/t13-/m0/s1. The minimum Gasteiger partial charge on any atom is -0.432 e. The van der Waals surface area contributed by atoms with Crippen LogP contribution in [0.2, 0.25) is 0 Å². The van der Waals surface area contributed by atoms with Gasteiger partial charge in [0.15, 0.2) is 0 Å². The lowest BCUT2D eigenvalue weighted by molar-refractivity contribution is -0.100. The first-order valence-electron chi connectivity index (χ1n) is 7.13. The molecule has 0 bridgehead atoms. The molecule has 9 heteroatoms. The average Bonchev–Trinajstić information content (AvgIpc) is 2.35. The van der Waals surface area contributed by atoms with Gasteiger partial charge in [-0.15, -0.1) is 0 Å². The first kappa shape index (κ1) is 21.3. The predicted molar refractivity (Wildman–Crippen MR) is 79.3 cm³/mol. The highest BCUT2D eigenvalue weighted by molar-refractivity contribution is 7.47. The summed E-state index contributed by atoms with van der Waals surface area (Å²) in [6.45, 7) is 9.77. The molecule has 1 N–H and O–H groups in total. The summed E-state index contributed by atoms with van der Waals surface area (Å²) < 4.78 is 35.9. The summed E-state index contributed by atoms with van der Waals surface area (Å²) in [7, 11) is -4.35. The molecule has 0 aliphatic heterocycles. The molecule has 1 unspecified atom stereocenters. The molecule has 0 aliphatic carbocycles. The highest BCUT2D eigenvalue weighted by atomic mass is 31.2. The number of rotatable bonds is 10. The SMILES string of the molecule is CC[C@@](C)(COP(=O)(O)OCOC(=O)OC(C)C)OC(C)C. The van der Waals surface area contributed by atoms with E-state index in [0.717, 1.165) is 0 Å². The maximum absolute atomic E-state index is 11.7. The molecule has 2 atom stereocenters. The summed E-state index contributed by atoms with van der Waals surface area (Å²) in [6, 6.07) is 0. The molecular formula is C13H27O8P. The van der Waals surface area contributed by atoms with Crippen molar-refractivity contribution in [2.75, 3.05) is 13.4 Å². The second kappa shape index (κ2) is 9.47. The molecule has 22 heavy (non-hydrogen) atoms. The van der Waals surface area contributed by atoms with Gasteiger partial charge >= 0.3 is 14.0 Å². The Morgan fingerprint density at radius 1 is 1.18 bits per heavy atom. The van der Waals surface area contributed by atoms with Gasteiger partial charge in [0.25, 0.3) is 0 Å². The molecule has 132 valence electrons. The van der Waals surface area contributed by atoms with Crippen molar-refractivity contribution in [2.24, 2.45) is 0 Å². The van der Waals surface area contributed by atoms with E-state index in [-0.39, 0.29) is 18.8 Å². The van der Waals surface area contributed by atoms with Gasteiger partial charge in [-0.1, -0.05) is 6.92 Å². The lowest BCUT2D eigenvalue weighted by Gasteiger charge is -2.31. The molecule has 0 saturated heterocycles. The zero-order chi connectivity index (χ0) is 17.4. The normalized spacial score (nSPS) is 17.1. The average molecular weight is 342 g/mol. The van der Waals surface area contributed by atoms with Crippen molar-refractivity contribution in [3.8, 4) is 0 Å². The van der Waals surface area contributed by atoms with Crippen LogP contribution in [0, 0.1) is 0 Å². The van der Waals surface area contributed by atoms with E-state index in [9.17, 15) is 14.3 Å². The van der Waals surface area contributed by atoms with Gasteiger partial charge in [-0.25, -0.2) is 13.9 Å². The molecule has 0 amide bonds. The fourth-order valence-corrected chi connectivity index (χ4v) is 2.11. The molecular weight excluding hydrogens is 315 g/mol. The van der Waals surface area contributed by atoms with Gasteiger partial charge in [0.05, 0.1) is 24.4 Å². The van der Waals surface area contributed by atoms with Crippen LogP contribution >= 0.6 is 7.82 Å². The molecule has 0 heterocycles. The van der Waals surface area contributed by atoms with Crippen LogP contribution in [0.5, 0.6) is 0 Å². The van der Waals surface area contributed by atoms with E-state index in [1.54, 1.807) is 20.8 Å². The van der Waals surface area contributed by atoms with Gasteiger partial charge in [0.2, 0.25) is 6.79 Å². The Morgan fingerprint density at radius 3 is 2.23 bits per heavy atom. The van der Waals surface area contributed by atoms with Gasteiger partial charge in [-0.05, 0) is 41.0 Å². The molecule has 0 aromatic heterocycles. The Hall–Kier alpha value is -0.660. The summed E-state index contributed by atoms with van der Waals surface area (Å²) in [6.07, 6.45) is -0.816. The molecule has 0 radical (unpaired) electrons. The van der Waals surface area contributed by atoms with Crippen molar-refractivity contribution in [2.45, 2.75) is 65.8 Å². The summed E-state index contributed by atoms with van der Waals surface area (Å²) in [5.74, 6) is 0. The summed E-state index contributed by atoms with van der Waals surface area (Å²) in [5.41, 5.74) is -0.715. The second-order valence-corrected chi connectivity index (χ2v) is 6.97. The smallest absolute Gasteiger partial charge is 0.432 e. The largest absolute Gasteiger partial charge is 0.510 e. The van der Waals surface area contributed by atoms with Crippen molar-refractivity contribution in [1.82, 2.24) is 0 Å². The highest BCUT2D eigenvalue weighted by Crippen LogP contribution is 2.44. The van der Waals surface area contributed by atoms with Crippen LogP contribution in [0.4, 0.5) is 4.79 Å². The molecule has 8 nitrogen and oxygen atoms in total. The van der Waals surface area contributed by atoms with Crippen molar-refractivity contribution in [3.63, 3.8) is 0 Å². The van der Waals surface area contributed by atoms with Crippen LogP contribution in [-0.2, 0) is 27.8 Å². The number of hydrogen-bond acceptors (Lipinski definition) is 7. The lowest BCUT2D eigenvalue weighted by Crippen LogP contribution is -2.36. The van der Waals surface area contributed by atoms with Gasteiger partial charge in [0, 0.05) is 0 Å². The van der Waals surface area contributed by atoms with Crippen LogP contribution in [0.25, 0.3) is 0 Å². The Kier molecular flexibility index (Phi) is 9.19. The molecule has 0 spiro atoms. The van der Waals surface area contributed by atoms with Crippen LogP contribution in [0.1, 0.15) is 48.0 Å². The molecule has 0 aliphatic rings. The molecule has 0 fully saturated rings. The van der Waals surface area contributed by atoms with Gasteiger partial charge in [-0.2, -0.15) is 0 Å². The maximum Gasteiger partial charge on any atom is 0.510 e. The van der Waals surface area contributed by atoms with E-state index in [1.165, 1.54) is 0 Å². The lowest BCUT2D eigenvalue weighted by atomic mass is 10.1. The third-order valence-corrected chi connectivity index (χ3v) is 3.41. The van der Waals surface area contributed by atoms with E-state index in [0.29, 0.717) is 6.42 Å². The van der Waals surface area contributed by atoms with Gasteiger partial charge in [0.1, 0.15) is 0 Å². The number of hydrogen-bond donors (Lipinski definition) is 1. The van der Waals surface area contributed by atoms with Crippen molar-refractivity contribution < 1.29 is 37.5 Å². The van der Waals surface area contributed by atoms with Crippen LogP contribution in [0.3, 0.4) is 0 Å². The quantitative estimate of drug-likeness (QED) is 0.367.